The van der Waals surface area contributed by atoms with Crippen LogP contribution in [0.15, 0.2) is 18.6 Å². The predicted molar refractivity (Wildman–Crippen MR) is 46.8 cm³/mol. The van der Waals surface area contributed by atoms with E-state index in [4.69, 9.17) is 16.2 Å². The number of aromatic nitrogens is 2. The van der Waals surface area contributed by atoms with E-state index in [0.29, 0.717) is 0 Å². The van der Waals surface area contributed by atoms with Crippen molar-refractivity contribution < 1.29 is 13.0 Å². The number of rotatable bonds is 2. The Hall–Kier alpha value is -0.720. The van der Waals surface area contributed by atoms with Gasteiger partial charge in [0.1, 0.15) is 6.33 Å². The normalized spacial score (nSPS) is 16.5. The lowest BCUT2D eigenvalue weighted by molar-refractivity contribution is 0.463. The van der Waals surface area contributed by atoms with Gasteiger partial charge in [-0.05, 0) is 13.0 Å². The highest BCUT2D eigenvalue weighted by molar-refractivity contribution is 7.88. The first-order chi connectivity index (χ1) is 5.86. The Labute approximate surface area is 80.5 Å². The van der Waals surface area contributed by atoms with Crippen molar-refractivity contribution in [1.29, 1.82) is 0 Å². The van der Waals surface area contributed by atoms with E-state index in [9.17, 15) is 8.42 Å². The zero-order valence-electron chi connectivity index (χ0n) is 6.68. The van der Waals surface area contributed by atoms with E-state index in [1.54, 1.807) is 0 Å². The van der Waals surface area contributed by atoms with Crippen molar-refractivity contribution >= 4 is 21.7 Å². The third-order valence-electron chi connectivity index (χ3n) is 1.52. The average Bonchev–Trinajstić information content (AvgIpc) is 2.04. The zero-order valence-corrected chi connectivity index (χ0v) is 8.25. The van der Waals surface area contributed by atoms with Crippen molar-refractivity contribution in [1.82, 2.24) is 9.97 Å². The summed E-state index contributed by atoms with van der Waals surface area (Å²) in [5.74, 6) is 0. The summed E-state index contributed by atoms with van der Waals surface area (Å²) in [4.78, 5) is 7.23. The molecular weight excluding hydrogens is 216 g/mol. The molecule has 1 aromatic rings. The maximum atomic E-state index is 10.8. The Balaban J connectivity index is 3.24. The fourth-order valence-electron chi connectivity index (χ4n) is 0.687. The van der Waals surface area contributed by atoms with Gasteiger partial charge in [0.05, 0.1) is 5.69 Å². The SMILES string of the molecule is CC(Cl)(c1ccncn1)S(=O)(=O)O. The highest BCUT2D eigenvalue weighted by Gasteiger charge is 2.39. The van der Waals surface area contributed by atoms with Crippen LogP contribution in [0.2, 0.25) is 0 Å². The standard InChI is InChI=1S/C6H7ClN2O3S/c1-6(7,13(10,11)12)5-2-3-8-4-9-5/h2-4H,1H3,(H,10,11,12). The Morgan fingerprint density at radius 1 is 1.62 bits per heavy atom. The molecule has 0 amide bonds. The molecule has 0 aromatic carbocycles. The van der Waals surface area contributed by atoms with Gasteiger partial charge in [-0.2, -0.15) is 8.42 Å². The maximum absolute atomic E-state index is 10.8. The first-order valence-electron chi connectivity index (χ1n) is 3.28. The van der Waals surface area contributed by atoms with Crippen molar-refractivity contribution in [2.24, 2.45) is 0 Å². The van der Waals surface area contributed by atoms with Crippen LogP contribution in [0.5, 0.6) is 0 Å². The fraction of sp³-hybridized carbons (Fsp3) is 0.333. The van der Waals surface area contributed by atoms with Crippen LogP contribution in [0, 0.1) is 0 Å². The van der Waals surface area contributed by atoms with Crippen LogP contribution >= 0.6 is 11.6 Å². The van der Waals surface area contributed by atoms with E-state index < -0.39 is 14.3 Å². The lowest BCUT2D eigenvalue weighted by atomic mass is 10.3. The molecule has 13 heavy (non-hydrogen) atoms. The molecule has 0 saturated heterocycles. The van der Waals surface area contributed by atoms with Crippen molar-refractivity contribution in [3.8, 4) is 0 Å². The summed E-state index contributed by atoms with van der Waals surface area (Å²) in [5, 5.41) is 0. The highest BCUT2D eigenvalue weighted by atomic mass is 35.5. The van der Waals surface area contributed by atoms with Crippen LogP contribution in [-0.2, 0) is 14.3 Å². The van der Waals surface area contributed by atoms with E-state index in [2.05, 4.69) is 9.97 Å². The van der Waals surface area contributed by atoms with Crippen LogP contribution < -0.4 is 0 Å². The molecule has 1 rings (SSSR count). The fourth-order valence-corrected chi connectivity index (χ4v) is 1.18. The minimum Gasteiger partial charge on any atom is -0.284 e. The van der Waals surface area contributed by atoms with Gasteiger partial charge in [-0.15, -0.1) is 0 Å². The summed E-state index contributed by atoms with van der Waals surface area (Å²) in [5.41, 5.74) is 0.0340. The molecule has 1 N–H and O–H groups in total. The van der Waals surface area contributed by atoms with Crippen LogP contribution in [0.3, 0.4) is 0 Å². The third-order valence-corrected chi connectivity index (χ3v) is 3.48. The molecule has 1 atom stereocenters. The van der Waals surface area contributed by atoms with Crippen LogP contribution in [-0.4, -0.2) is 22.9 Å². The number of hydrogen-bond acceptors (Lipinski definition) is 4. The second-order valence-electron chi connectivity index (χ2n) is 2.49. The van der Waals surface area contributed by atoms with Crippen LogP contribution in [0.1, 0.15) is 12.6 Å². The van der Waals surface area contributed by atoms with Crippen molar-refractivity contribution in [2.75, 3.05) is 0 Å². The molecular formula is C6H7ClN2O3S. The van der Waals surface area contributed by atoms with Crippen LogP contribution in [0.4, 0.5) is 0 Å². The smallest absolute Gasteiger partial charge is 0.284 e. The number of halogens is 1. The summed E-state index contributed by atoms with van der Waals surface area (Å²) in [6.07, 6.45) is 2.50. The number of alkyl halides is 1. The topological polar surface area (TPSA) is 80.2 Å². The van der Waals surface area contributed by atoms with Crippen molar-refractivity contribution in [3.05, 3.63) is 24.3 Å². The molecule has 1 aromatic heterocycles. The van der Waals surface area contributed by atoms with Gasteiger partial charge in [-0.25, -0.2) is 9.97 Å². The van der Waals surface area contributed by atoms with E-state index in [-0.39, 0.29) is 5.69 Å². The monoisotopic (exact) mass is 222 g/mol. The number of hydrogen-bond donors (Lipinski definition) is 1. The molecule has 72 valence electrons. The van der Waals surface area contributed by atoms with Gasteiger partial charge in [0.25, 0.3) is 10.1 Å². The maximum Gasteiger partial charge on any atom is 0.290 e. The average molecular weight is 223 g/mol. The lowest BCUT2D eigenvalue weighted by Crippen LogP contribution is -2.26. The van der Waals surface area contributed by atoms with Gasteiger partial charge in [0.15, 0.2) is 0 Å². The second kappa shape index (κ2) is 3.21. The molecule has 0 aliphatic heterocycles. The van der Waals surface area contributed by atoms with E-state index in [1.165, 1.54) is 12.3 Å². The molecule has 5 nitrogen and oxygen atoms in total. The van der Waals surface area contributed by atoms with Crippen molar-refractivity contribution in [3.63, 3.8) is 0 Å². The first-order valence-corrected chi connectivity index (χ1v) is 5.10. The van der Waals surface area contributed by atoms with Gasteiger partial charge in [-0.3, -0.25) is 4.55 Å². The first kappa shape index (κ1) is 10.4. The molecule has 0 fully saturated rings. The Morgan fingerprint density at radius 3 is 2.62 bits per heavy atom. The highest BCUT2D eigenvalue weighted by Crippen LogP contribution is 2.31. The van der Waals surface area contributed by atoms with E-state index in [1.807, 2.05) is 0 Å². The molecule has 7 heteroatoms. The van der Waals surface area contributed by atoms with Crippen molar-refractivity contribution in [2.45, 2.75) is 11.1 Å². The number of nitrogens with zero attached hydrogens (tertiary/aromatic N) is 2. The molecule has 0 aliphatic carbocycles. The molecule has 1 heterocycles. The predicted octanol–water partition coefficient (Wildman–Crippen LogP) is 0.776. The Bertz CT molecular complexity index is 390. The summed E-state index contributed by atoms with van der Waals surface area (Å²) < 4.78 is 28.5. The minimum absolute atomic E-state index is 0.0340. The summed E-state index contributed by atoms with van der Waals surface area (Å²) in [6, 6.07) is 1.32. The molecule has 0 bridgehead atoms. The minimum atomic E-state index is -4.38. The quantitative estimate of drug-likeness (QED) is 0.591. The summed E-state index contributed by atoms with van der Waals surface area (Å²) in [7, 11) is -4.38. The summed E-state index contributed by atoms with van der Waals surface area (Å²) in [6.45, 7) is 1.15. The van der Waals surface area contributed by atoms with Gasteiger partial charge in [0.2, 0.25) is 4.21 Å². The van der Waals surface area contributed by atoms with E-state index in [0.717, 1.165) is 13.3 Å². The Morgan fingerprint density at radius 2 is 2.23 bits per heavy atom. The molecule has 1 unspecified atom stereocenters. The van der Waals surface area contributed by atoms with Crippen LogP contribution in [0.25, 0.3) is 0 Å². The Kier molecular flexibility index (Phi) is 2.56. The van der Waals surface area contributed by atoms with Gasteiger partial charge >= 0.3 is 0 Å². The second-order valence-corrected chi connectivity index (χ2v) is 5.23. The van der Waals surface area contributed by atoms with Gasteiger partial charge in [-0.1, -0.05) is 11.6 Å². The largest absolute Gasteiger partial charge is 0.290 e. The zero-order chi connectivity index (χ0) is 10.1. The molecule has 0 saturated carbocycles. The molecule has 0 aliphatic rings. The summed E-state index contributed by atoms with van der Waals surface area (Å²) >= 11 is 5.61. The van der Waals surface area contributed by atoms with E-state index >= 15 is 0 Å². The van der Waals surface area contributed by atoms with Gasteiger partial charge < -0.3 is 0 Å². The lowest BCUT2D eigenvalue weighted by Gasteiger charge is -2.16. The third kappa shape index (κ3) is 1.96. The molecule has 0 radical (unpaired) electrons. The van der Waals surface area contributed by atoms with Gasteiger partial charge in [0, 0.05) is 6.20 Å². The molecule has 0 spiro atoms.